The van der Waals surface area contributed by atoms with Crippen molar-refractivity contribution in [2.75, 3.05) is 18.1 Å². The average molecular weight is 286 g/mol. The third kappa shape index (κ3) is 5.78. The van der Waals surface area contributed by atoms with Crippen molar-refractivity contribution in [1.29, 1.82) is 0 Å². The van der Waals surface area contributed by atoms with E-state index in [1.165, 1.54) is 5.56 Å². The van der Waals surface area contributed by atoms with Gasteiger partial charge in [-0.15, -0.1) is 0 Å². The van der Waals surface area contributed by atoms with Crippen molar-refractivity contribution in [2.24, 2.45) is 0 Å². The molecule has 0 aliphatic carbocycles. The third-order valence-electron chi connectivity index (χ3n) is 3.29. The van der Waals surface area contributed by atoms with Crippen LogP contribution in [0.1, 0.15) is 45.2 Å². The zero-order valence-electron chi connectivity index (χ0n) is 12.2. The first kappa shape index (κ1) is 16.2. The smallest absolute Gasteiger partial charge is 0.150 e. The molecule has 0 aliphatic heterocycles. The molecule has 0 spiro atoms. The highest BCUT2D eigenvalue weighted by Crippen LogP contribution is 2.13. The van der Waals surface area contributed by atoms with Gasteiger partial charge in [0.25, 0.3) is 0 Å². The summed E-state index contributed by atoms with van der Waals surface area (Å²) in [5.74, 6) is 0.516. The second kappa shape index (κ2) is 7.70. The molecule has 0 saturated carbocycles. The number of nitrogens with one attached hydrogen (secondary N) is 1. The first-order valence-electron chi connectivity index (χ1n) is 7.08. The van der Waals surface area contributed by atoms with Gasteiger partial charge in [0, 0.05) is 30.7 Å². The molecule has 0 amide bonds. The number of sulfone groups is 1. The molecule has 0 aliphatic rings. The maximum Gasteiger partial charge on any atom is 0.150 e. The first-order valence-corrected chi connectivity index (χ1v) is 8.90. The molecular formula is C14H26N2O2S. The Hall–Kier alpha value is -0.810. The van der Waals surface area contributed by atoms with Crippen molar-refractivity contribution >= 4 is 9.84 Å². The fourth-order valence-electron chi connectivity index (χ4n) is 1.94. The van der Waals surface area contributed by atoms with E-state index < -0.39 is 9.84 Å². The standard InChI is InChI=1S/C14H26N2O2S/c1-4-8-15-13(3)14-7-10-16(12-14)9-6-11-19(17,18)5-2/h7,10,12-13,15H,4-6,8-9,11H2,1-3H3. The molecule has 19 heavy (non-hydrogen) atoms. The van der Waals surface area contributed by atoms with Gasteiger partial charge in [-0.3, -0.25) is 0 Å². The van der Waals surface area contributed by atoms with E-state index in [1.54, 1.807) is 6.92 Å². The largest absolute Gasteiger partial charge is 0.354 e. The molecule has 4 nitrogen and oxygen atoms in total. The highest BCUT2D eigenvalue weighted by molar-refractivity contribution is 7.91. The molecule has 1 aromatic rings. The summed E-state index contributed by atoms with van der Waals surface area (Å²) >= 11 is 0. The van der Waals surface area contributed by atoms with E-state index in [4.69, 9.17) is 0 Å². The van der Waals surface area contributed by atoms with Crippen molar-refractivity contribution in [1.82, 2.24) is 9.88 Å². The number of hydrogen-bond acceptors (Lipinski definition) is 3. The molecule has 0 aromatic carbocycles. The van der Waals surface area contributed by atoms with Gasteiger partial charge >= 0.3 is 0 Å². The maximum atomic E-state index is 11.4. The van der Waals surface area contributed by atoms with Gasteiger partial charge in [-0.1, -0.05) is 13.8 Å². The highest BCUT2D eigenvalue weighted by Gasteiger charge is 2.08. The van der Waals surface area contributed by atoms with E-state index in [-0.39, 0.29) is 11.5 Å². The molecule has 1 atom stereocenters. The van der Waals surface area contributed by atoms with Crippen LogP contribution in [0.4, 0.5) is 0 Å². The van der Waals surface area contributed by atoms with Gasteiger partial charge in [-0.25, -0.2) is 8.42 Å². The monoisotopic (exact) mass is 286 g/mol. The van der Waals surface area contributed by atoms with E-state index in [1.807, 2.05) is 6.20 Å². The number of nitrogens with zero attached hydrogens (tertiary/aromatic N) is 1. The van der Waals surface area contributed by atoms with E-state index in [2.05, 4.69) is 36.0 Å². The van der Waals surface area contributed by atoms with Gasteiger partial charge < -0.3 is 9.88 Å². The van der Waals surface area contributed by atoms with Crippen LogP contribution < -0.4 is 5.32 Å². The lowest BCUT2D eigenvalue weighted by Crippen LogP contribution is -2.18. The normalized spacial score (nSPS) is 13.6. The highest BCUT2D eigenvalue weighted by atomic mass is 32.2. The summed E-state index contributed by atoms with van der Waals surface area (Å²) in [5, 5.41) is 3.44. The number of aryl methyl sites for hydroxylation is 1. The minimum absolute atomic E-state index is 0.238. The van der Waals surface area contributed by atoms with Crippen LogP contribution in [-0.4, -0.2) is 31.0 Å². The van der Waals surface area contributed by atoms with Crippen LogP contribution in [0.5, 0.6) is 0 Å². The van der Waals surface area contributed by atoms with E-state index in [0.717, 1.165) is 19.5 Å². The number of hydrogen-bond donors (Lipinski definition) is 1. The Morgan fingerprint density at radius 1 is 1.37 bits per heavy atom. The fraction of sp³-hybridized carbons (Fsp3) is 0.714. The van der Waals surface area contributed by atoms with Crippen LogP contribution in [-0.2, 0) is 16.4 Å². The minimum Gasteiger partial charge on any atom is -0.354 e. The van der Waals surface area contributed by atoms with Crippen LogP contribution in [0.25, 0.3) is 0 Å². The van der Waals surface area contributed by atoms with Crippen molar-refractivity contribution in [2.45, 2.75) is 46.2 Å². The zero-order valence-corrected chi connectivity index (χ0v) is 13.0. The molecule has 5 heteroatoms. The average Bonchev–Trinajstić information content (AvgIpc) is 2.84. The van der Waals surface area contributed by atoms with Crippen LogP contribution in [0.2, 0.25) is 0 Å². The molecule has 1 aromatic heterocycles. The predicted molar refractivity (Wildman–Crippen MR) is 80.1 cm³/mol. The summed E-state index contributed by atoms with van der Waals surface area (Å²) in [6.45, 7) is 7.78. The Labute approximate surface area is 117 Å². The van der Waals surface area contributed by atoms with Crippen LogP contribution in [0.15, 0.2) is 18.5 Å². The van der Waals surface area contributed by atoms with Crippen LogP contribution in [0, 0.1) is 0 Å². The molecule has 0 fully saturated rings. The topological polar surface area (TPSA) is 51.1 Å². The zero-order chi connectivity index (χ0) is 14.3. The second-order valence-corrected chi connectivity index (χ2v) is 7.42. The number of aromatic nitrogens is 1. The third-order valence-corrected chi connectivity index (χ3v) is 5.08. The number of rotatable bonds is 9. The van der Waals surface area contributed by atoms with Gasteiger partial charge in [0.1, 0.15) is 9.84 Å². The van der Waals surface area contributed by atoms with E-state index in [0.29, 0.717) is 12.5 Å². The van der Waals surface area contributed by atoms with Crippen molar-refractivity contribution in [3.8, 4) is 0 Å². The van der Waals surface area contributed by atoms with Gasteiger partial charge in [0.05, 0.1) is 5.75 Å². The fourth-order valence-corrected chi connectivity index (χ4v) is 2.80. The van der Waals surface area contributed by atoms with Crippen molar-refractivity contribution < 1.29 is 8.42 Å². The van der Waals surface area contributed by atoms with E-state index in [9.17, 15) is 8.42 Å². The molecule has 0 bridgehead atoms. The second-order valence-electron chi connectivity index (χ2n) is 4.95. The van der Waals surface area contributed by atoms with Crippen molar-refractivity contribution in [3.63, 3.8) is 0 Å². The lowest BCUT2D eigenvalue weighted by molar-refractivity contribution is 0.567. The Morgan fingerprint density at radius 2 is 2.11 bits per heavy atom. The lowest BCUT2D eigenvalue weighted by Gasteiger charge is -2.11. The SMILES string of the molecule is CCCNC(C)c1ccn(CCCS(=O)(=O)CC)c1. The summed E-state index contributed by atoms with van der Waals surface area (Å²) in [4.78, 5) is 0. The summed E-state index contributed by atoms with van der Waals surface area (Å²) in [7, 11) is -2.84. The quantitative estimate of drug-likeness (QED) is 0.758. The molecule has 0 saturated heterocycles. The predicted octanol–water partition coefficient (Wildman–Crippen LogP) is 2.37. The maximum absolute atomic E-state index is 11.4. The van der Waals surface area contributed by atoms with Crippen LogP contribution in [0.3, 0.4) is 0 Å². The summed E-state index contributed by atoms with van der Waals surface area (Å²) in [6, 6.07) is 2.45. The van der Waals surface area contributed by atoms with Crippen LogP contribution >= 0.6 is 0 Å². The molecule has 1 N–H and O–H groups in total. The molecular weight excluding hydrogens is 260 g/mol. The van der Waals surface area contributed by atoms with Gasteiger partial charge in [-0.05, 0) is 37.9 Å². The van der Waals surface area contributed by atoms with E-state index >= 15 is 0 Å². The van der Waals surface area contributed by atoms with Gasteiger partial charge in [-0.2, -0.15) is 0 Å². The van der Waals surface area contributed by atoms with Gasteiger partial charge in [0.15, 0.2) is 0 Å². The summed E-state index contributed by atoms with van der Waals surface area (Å²) in [6.07, 6.45) is 5.94. The summed E-state index contributed by atoms with van der Waals surface area (Å²) in [5.41, 5.74) is 1.26. The molecule has 1 heterocycles. The Bertz CT molecular complexity index is 466. The molecule has 110 valence electrons. The Morgan fingerprint density at radius 3 is 2.74 bits per heavy atom. The molecule has 1 rings (SSSR count). The lowest BCUT2D eigenvalue weighted by atomic mass is 10.2. The van der Waals surface area contributed by atoms with Crippen molar-refractivity contribution in [3.05, 3.63) is 24.0 Å². The van der Waals surface area contributed by atoms with Gasteiger partial charge in [0.2, 0.25) is 0 Å². The molecule has 0 radical (unpaired) electrons. The first-order chi connectivity index (χ1) is 8.98. The molecule has 1 unspecified atom stereocenters. The Kier molecular flexibility index (Phi) is 6.58. The summed E-state index contributed by atoms with van der Waals surface area (Å²) < 4.78 is 24.9. The minimum atomic E-state index is -2.84. The Balaban J connectivity index is 2.42.